The highest BCUT2D eigenvalue weighted by molar-refractivity contribution is 6.31. The van der Waals surface area contributed by atoms with E-state index in [1.54, 1.807) is 36.4 Å². The van der Waals surface area contributed by atoms with Crippen LogP contribution in [0.4, 0.5) is 5.69 Å². The third-order valence-electron chi connectivity index (χ3n) is 4.50. The predicted octanol–water partition coefficient (Wildman–Crippen LogP) is 4.50. The summed E-state index contributed by atoms with van der Waals surface area (Å²) in [6.45, 7) is 0. The number of pyridine rings is 1. The Bertz CT molecular complexity index is 1050. The van der Waals surface area contributed by atoms with E-state index in [1.165, 1.54) is 0 Å². The molecule has 0 atom stereocenters. The van der Waals surface area contributed by atoms with Crippen LogP contribution in [0.5, 0.6) is 0 Å². The summed E-state index contributed by atoms with van der Waals surface area (Å²) in [5.74, 6) is -0.226. The number of anilines is 1. The van der Waals surface area contributed by atoms with Gasteiger partial charge in [-0.1, -0.05) is 23.7 Å². The summed E-state index contributed by atoms with van der Waals surface area (Å²) in [6, 6.07) is 14.5. The fourth-order valence-corrected chi connectivity index (χ4v) is 3.54. The first-order valence-electron chi connectivity index (χ1n) is 8.09. The number of hydrogen-bond donors (Lipinski definition) is 1. The van der Waals surface area contributed by atoms with Gasteiger partial charge in [-0.15, -0.1) is 0 Å². The second-order valence-electron chi connectivity index (χ2n) is 6.04. The van der Waals surface area contributed by atoms with Gasteiger partial charge in [-0.3, -0.25) is 9.78 Å². The molecule has 5 heteroatoms. The summed E-state index contributed by atoms with van der Waals surface area (Å²) >= 11 is 6.15. The number of benzene rings is 2. The van der Waals surface area contributed by atoms with Crippen molar-refractivity contribution in [1.29, 1.82) is 5.26 Å². The van der Waals surface area contributed by atoms with Crippen molar-refractivity contribution in [3.8, 4) is 6.07 Å². The number of nitrogens with zero attached hydrogens (tertiary/aromatic N) is 2. The molecular weight excluding hydrogens is 334 g/mol. The first-order chi connectivity index (χ1) is 12.2. The molecular formula is C20H14ClN3O. The minimum Gasteiger partial charge on any atom is -0.321 e. The molecule has 1 amide bonds. The van der Waals surface area contributed by atoms with Gasteiger partial charge in [0.1, 0.15) is 6.07 Å². The van der Waals surface area contributed by atoms with E-state index < -0.39 is 0 Å². The van der Waals surface area contributed by atoms with Crippen molar-refractivity contribution in [2.75, 3.05) is 5.32 Å². The van der Waals surface area contributed by atoms with Crippen LogP contribution >= 0.6 is 11.6 Å². The molecule has 1 heterocycles. The number of carbonyl (C=O) groups is 1. The van der Waals surface area contributed by atoms with E-state index in [0.717, 1.165) is 41.4 Å². The minimum absolute atomic E-state index is 0.226. The van der Waals surface area contributed by atoms with Crippen LogP contribution in [0.2, 0.25) is 5.02 Å². The van der Waals surface area contributed by atoms with Gasteiger partial charge in [-0.25, -0.2) is 0 Å². The van der Waals surface area contributed by atoms with E-state index in [0.29, 0.717) is 21.8 Å². The normalized spacial score (nSPS) is 12.6. The highest BCUT2D eigenvalue weighted by Crippen LogP contribution is 2.32. The van der Waals surface area contributed by atoms with Gasteiger partial charge in [0.15, 0.2) is 0 Å². The largest absolute Gasteiger partial charge is 0.321 e. The molecule has 1 aliphatic carbocycles. The summed E-state index contributed by atoms with van der Waals surface area (Å²) in [4.78, 5) is 17.8. The summed E-state index contributed by atoms with van der Waals surface area (Å²) in [5.41, 5.74) is 4.30. The number of aromatic nitrogens is 1. The number of para-hydroxylation sites is 1. The summed E-state index contributed by atoms with van der Waals surface area (Å²) < 4.78 is 0. The number of fused-ring (bicyclic) bond motifs is 2. The molecule has 3 aromatic rings. The molecule has 0 aliphatic heterocycles. The molecule has 4 nitrogen and oxygen atoms in total. The van der Waals surface area contributed by atoms with E-state index in [9.17, 15) is 10.1 Å². The van der Waals surface area contributed by atoms with Crippen molar-refractivity contribution in [1.82, 2.24) is 4.98 Å². The van der Waals surface area contributed by atoms with Crippen molar-refractivity contribution in [2.24, 2.45) is 0 Å². The van der Waals surface area contributed by atoms with Crippen molar-refractivity contribution in [3.05, 3.63) is 69.9 Å². The SMILES string of the molecule is N#Cc1ccccc1NC(=O)c1c2c(nc3ccc(Cl)cc13)CCC2. The number of nitriles is 1. The summed E-state index contributed by atoms with van der Waals surface area (Å²) in [7, 11) is 0. The standard InChI is InChI=1S/C20H14ClN3O/c21-13-8-9-18-15(10-13)19(14-5-3-7-17(14)23-18)20(25)24-16-6-2-1-4-12(16)11-22/h1-2,4,6,8-10H,3,5,7H2,(H,24,25). The van der Waals surface area contributed by atoms with Gasteiger partial charge in [-0.05, 0) is 55.2 Å². The second kappa shape index (κ2) is 6.19. The smallest absolute Gasteiger partial charge is 0.256 e. The number of rotatable bonds is 2. The van der Waals surface area contributed by atoms with Crippen LogP contribution in [0, 0.1) is 11.3 Å². The van der Waals surface area contributed by atoms with Gasteiger partial charge in [-0.2, -0.15) is 5.26 Å². The third kappa shape index (κ3) is 2.73. The van der Waals surface area contributed by atoms with Crippen LogP contribution in [0.3, 0.4) is 0 Å². The molecule has 1 aliphatic rings. The molecule has 1 aromatic heterocycles. The Morgan fingerprint density at radius 2 is 2.04 bits per heavy atom. The monoisotopic (exact) mass is 347 g/mol. The third-order valence-corrected chi connectivity index (χ3v) is 4.73. The lowest BCUT2D eigenvalue weighted by Crippen LogP contribution is -2.16. The van der Waals surface area contributed by atoms with Gasteiger partial charge in [0.2, 0.25) is 0 Å². The molecule has 0 radical (unpaired) electrons. The number of amides is 1. The molecule has 2 aromatic carbocycles. The van der Waals surface area contributed by atoms with Gasteiger partial charge in [0.05, 0.1) is 22.3 Å². The minimum atomic E-state index is -0.226. The quantitative estimate of drug-likeness (QED) is 0.742. The van der Waals surface area contributed by atoms with Crippen LogP contribution in [-0.4, -0.2) is 10.9 Å². The maximum absolute atomic E-state index is 13.1. The van der Waals surface area contributed by atoms with Gasteiger partial charge in [0, 0.05) is 16.1 Å². The number of carbonyl (C=O) groups excluding carboxylic acids is 1. The zero-order chi connectivity index (χ0) is 17.4. The van der Waals surface area contributed by atoms with Crippen molar-refractivity contribution in [3.63, 3.8) is 0 Å². The molecule has 1 N–H and O–H groups in total. The van der Waals surface area contributed by atoms with Crippen molar-refractivity contribution < 1.29 is 4.79 Å². The van der Waals surface area contributed by atoms with Crippen molar-refractivity contribution in [2.45, 2.75) is 19.3 Å². The van der Waals surface area contributed by atoms with Crippen LogP contribution in [0.25, 0.3) is 10.9 Å². The zero-order valence-corrected chi connectivity index (χ0v) is 14.1. The fourth-order valence-electron chi connectivity index (χ4n) is 3.37. The van der Waals surface area contributed by atoms with E-state index >= 15 is 0 Å². The summed E-state index contributed by atoms with van der Waals surface area (Å²) in [6.07, 6.45) is 2.69. The number of aryl methyl sites for hydroxylation is 1. The highest BCUT2D eigenvalue weighted by atomic mass is 35.5. The Kier molecular flexibility index (Phi) is 3.87. The molecule has 0 fully saturated rings. The van der Waals surface area contributed by atoms with E-state index in [-0.39, 0.29) is 5.91 Å². The first-order valence-corrected chi connectivity index (χ1v) is 8.46. The molecule has 4 rings (SSSR count). The van der Waals surface area contributed by atoms with Crippen LogP contribution in [0.15, 0.2) is 42.5 Å². The predicted molar refractivity (Wildman–Crippen MR) is 97.9 cm³/mol. The molecule has 0 saturated heterocycles. The molecule has 0 unspecified atom stereocenters. The molecule has 0 spiro atoms. The molecule has 25 heavy (non-hydrogen) atoms. The van der Waals surface area contributed by atoms with Crippen LogP contribution in [0.1, 0.15) is 33.6 Å². The van der Waals surface area contributed by atoms with E-state index in [1.807, 2.05) is 6.07 Å². The Labute approximate surface area is 150 Å². The van der Waals surface area contributed by atoms with E-state index in [2.05, 4.69) is 16.4 Å². The lowest BCUT2D eigenvalue weighted by Gasteiger charge is -2.13. The Hall–Kier alpha value is -2.90. The highest BCUT2D eigenvalue weighted by Gasteiger charge is 2.24. The lowest BCUT2D eigenvalue weighted by molar-refractivity contribution is 0.102. The number of halogens is 1. The average Bonchev–Trinajstić information content (AvgIpc) is 3.08. The van der Waals surface area contributed by atoms with Crippen LogP contribution < -0.4 is 5.32 Å². The van der Waals surface area contributed by atoms with Crippen molar-refractivity contribution >= 4 is 34.1 Å². The first kappa shape index (κ1) is 15.6. The lowest BCUT2D eigenvalue weighted by atomic mass is 10.00. The van der Waals surface area contributed by atoms with Gasteiger partial charge in [0.25, 0.3) is 5.91 Å². The Morgan fingerprint density at radius 3 is 2.88 bits per heavy atom. The fraction of sp³-hybridized carbons (Fsp3) is 0.150. The van der Waals surface area contributed by atoms with Crippen LogP contribution in [-0.2, 0) is 12.8 Å². The Morgan fingerprint density at radius 1 is 1.20 bits per heavy atom. The van der Waals surface area contributed by atoms with Gasteiger partial charge >= 0.3 is 0 Å². The zero-order valence-electron chi connectivity index (χ0n) is 13.3. The Balaban J connectivity index is 1.87. The number of hydrogen-bond acceptors (Lipinski definition) is 3. The number of nitrogens with one attached hydrogen (secondary N) is 1. The maximum Gasteiger partial charge on any atom is 0.256 e. The second-order valence-corrected chi connectivity index (χ2v) is 6.48. The van der Waals surface area contributed by atoms with Gasteiger partial charge < -0.3 is 5.32 Å². The topological polar surface area (TPSA) is 65.8 Å². The average molecular weight is 348 g/mol. The maximum atomic E-state index is 13.1. The molecule has 0 saturated carbocycles. The summed E-state index contributed by atoms with van der Waals surface area (Å²) in [5, 5.41) is 13.4. The molecule has 0 bridgehead atoms. The van der Waals surface area contributed by atoms with E-state index in [4.69, 9.17) is 11.6 Å². The molecule has 122 valence electrons.